The van der Waals surface area contributed by atoms with Crippen LogP contribution in [0.15, 0.2) is 48.8 Å². The highest BCUT2D eigenvalue weighted by molar-refractivity contribution is 5.73. The number of amides is 1. The summed E-state index contributed by atoms with van der Waals surface area (Å²) in [5.41, 5.74) is 7.21. The van der Waals surface area contributed by atoms with Crippen molar-refractivity contribution < 1.29 is 9.53 Å². The number of hydrogen-bond acceptors (Lipinski definition) is 4. The number of benzene rings is 1. The number of carbonyl (C=O) groups is 1. The third-order valence-electron chi connectivity index (χ3n) is 2.72. The van der Waals surface area contributed by atoms with E-state index in [1.54, 1.807) is 12.4 Å². The van der Waals surface area contributed by atoms with E-state index in [1.165, 1.54) is 5.56 Å². The van der Waals surface area contributed by atoms with Gasteiger partial charge in [-0.2, -0.15) is 0 Å². The van der Waals surface area contributed by atoms with Crippen LogP contribution in [0.5, 0.6) is 5.75 Å². The summed E-state index contributed by atoms with van der Waals surface area (Å²) < 4.78 is 5.40. The molecule has 3 N–H and O–H groups in total. The molecule has 0 atom stereocenters. The van der Waals surface area contributed by atoms with Gasteiger partial charge in [0.15, 0.2) is 0 Å². The summed E-state index contributed by atoms with van der Waals surface area (Å²) in [6, 6.07) is 11.5. The van der Waals surface area contributed by atoms with E-state index < -0.39 is 0 Å². The fraction of sp³-hybridized carbons (Fsp3) is 0.200. The van der Waals surface area contributed by atoms with E-state index in [0.29, 0.717) is 6.61 Å². The van der Waals surface area contributed by atoms with E-state index in [9.17, 15) is 4.79 Å². The number of rotatable bonds is 7. The first-order valence-electron chi connectivity index (χ1n) is 6.38. The standard InChI is InChI=1S/C15H17N3O2/c16-15(19)7-10-20-14-3-1-13(2-4-14)18-11-12-5-8-17-9-6-12/h1-6,8-9,18H,7,10-11H2,(H2,16,19). The molecule has 0 radical (unpaired) electrons. The Morgan fingerprint density at radius 3 is 2.50 bits per heavy atom. The van der Waals surface area contributed by atoms with Crippen molar-refractivity contribution >= 4 is 11.6 Å². The molecule has 20 heavy (non-hydrogen) atoms. The number of hydrogen-bond donors (Lipinski definition) is 2. The fourth-order valence-electron chi connectivity index (χ4n) is 1.64. The van der Waals surface area contributed by atoms with Crippen molar-refractivity contribution in [1.29, 1.82) is 0 Å². The lowest BCUT2D eigenvalue weighted by Gasteiger charge is -2.08. The quantitative estimate of drug-likeness (QED) is 0.807. The Morgan fingerprint density at radius 1 is 1.15 bits per heavy atom. The summed E-state index contributed by atoms with van der Waals surface area (Å²) >= 11 is 0. The van der Waals surface area contributed by atoms with E-state index in [1.807, 2.05) is 36.4 Å². The van der Waals surface area contributed by atoms with Gasteiger partial charge in [-0.05, 0) is 42.0 Å². The molecule has 2 rings (SSSR count). The van der Waals surface area contributed by atoms with Gasteiger partial charge < -0.3 is 15.8 Å². The van der Waals surface area contributed by atoms with Gasteiger partial charge in [0.2, 0.25) is 5.91 Å². The van der Waals surface area contributed by atoms with Gasteiger partial charge in [0.1, 0.15) is 5.75 Å². The van der Waals surface area contributed by atoms with Crippen molar-refractivity contribution in [3.63, 3.8) is 0 Å². The van der Waals surface area contributed by atoms with Gasteiger partial charge in [0, 0.05) is 24.6 Å². The average Bonchev–Trinajstić information content (AvgIpc) is 2.47. The van der Waals surface area contributed by atoms with E-state index in [2.05, 4.69) is 10.3 Å². The van der Waals surface area contributed by atoms with Gasteiger partial charge in [-0.1, -0.05) is 0 Å². The van der Waals surface area contributed by atoms with Crippen LogP contribution in [0.1, 0.15) is 12.0 Å². The van der Waals surface area contributed by atoms with Gasteiger partial charge in [-0.15, -0.1) is 0 Å². The largest absolute Gasteiger partial charge is 0.493 e. The summed E-state index contributed by atoms with van der Waals surface area (Å²) in [5, 5.41) is 3.31. The molecule has 2 aromatic rings. The number of anilines is 1. The highest BCUT2D eigenvalue weighted by Gasteiger charge is 1.98. The number of nitrogens with zero attached hydrogens (tertiary/aromatic N) is 1. The third-order valence-corrected chi connectivity index (χ3v) is 2.72. The van der Waals surface area contributed by atoms with Crippen molar-refractivity contribution in [2.75, 3.05) is 11.9 Å². The van der Waals surface area contributed by atoms with E-state index >= 15 is 0 Å². The molecule has 0 fully saturated rings. The van der Waals surface area contributed by atoms with Crippen LogP contribution < -0.4 is 15.8 Å². The maximum atomic E-state index is 10.6. The number of nitrogens with two attached hydrogens (primary N) is 1. The second-order valence-corrected chi connectivity index (χ2v) is 4.30. The molecule has 5 nitrogen and oxygen atoms in total. The first-order chi connectivity index (χ1) is 9.74. The van der Waals surface area contributed by atoms with Crippen molar-refractivity contribution in [2.24, 2.45) is 5.73 Å². The van der Waals surface area contributed by atoms with Crippen LogP contribution in [0.3, 0.4) is 0 Å². The van der Waals surface area contributed by atoms with Gasteiger partial charge in [-0.25, -0.2) is 0 Å². The predicted octanol–water partition coefficient (Wildman–Crippen LogP) is 1.95. The highest BCUT2D eigenvalue weighted by atomic mass is 16.5. The SMILES string of the molecule is NC(=O)CCOc1ccc(NCc2ccncc2)cc1. The zero-order valence-electron chi connectivity index (χ0n) is 11.1. The minimum absolute atomic E-state index is 0.224. The second-order valence-electron chi connectivity index (χ2n) is 4.30. The Balaban J connectivity index is 1.81. The average molecular weight is 271 g/mol. The molecule has 5 heteroatoms. The third kappa shape index (κ3) is 4.61. The Labute approximate surface area is 117 Å². The zero-order chi connectivity index (χ0) is 14.2. The molecule has 0 spiro atoms. The molecule has 0 bridgehead atoms. The van der Waals surface area contributed by atoms with Gasteiger partial charge in [-0.3, -0.25) is 9.78 Å². The molecule has 1 amide bonds. The molecule has 0 saturated carbocycles. The zero-order valence-corrected chi connectivity index (χ0v) is 11.1. The molecule has 0 aliphatic rings. The molecule has 0 aliphatic carbocycles. The minimum Gasteiger partial charge on any atom is -0.493 e. The highest BCUT2D eigenvalue weighted by Crippen LogP contribution is 2.16. The van der Waals surface area contributed by atoms with Crippen LogP contribution in [0, 0.1) is 0 Å². The summed E-state index contributed by atoms with van der Waals surface area (Å²) in [7, 11) is 0. The van der Waals surface area contributed by atoms with Crippen molar-refractivity contribution in [3.8, 4) is 5.75 Å². The Bertz CT molecular complexity index is 541. The first kappa shape index (κ1) is 13.9. The van der Waals surface area contributed by atoms with Crippen LogP contribution in [0.4, 0.5) is 5.69 Å². The molecule has 1 heterocycles. The van der Waals surface area contributed by atoms with Crippen LogP contribution in [0.2, 0.25) is 0 Å². The van der Waals surface area contributed by atoms with Crippen LogP contribution >= 0.6 is 0 Å². The van der Waals surface area contributed by atoms with Crippen LogP contribution in [-0.2, 0) is 11.3 Å². The molecule has 0 unspecified atom stereocenters. The molecule has 1 aromatic heterocycles. The van der Waals surface area contributed by atoms with Crippen LogP contribution in [0.25, 0.3) is 0 Å². The lowest BCUT2D eigenvalue weighted by atomic mass is 10.2. The van der Waals surface area contributed by atoms with E-state index in [0.717, 1.165) is 18.0 Å². The van der Waals surface area contributed by atoms with Gasteiger partial charge in [0.25, 0.3) is 0 Å². The van der Waals surface area contributed by atoms with Gasteiger partial charge in [0.05, 0.1) is 13.0 Å². The maximum Gasteiger partial charge on any atom is 0.220 e. The smallest absolute Gasteiger partial charge is 0.220 e. The number of carbonyl (C=O) groups excluding carboxylic acids is 1. The monoisotopic (exact) mass is 271 g/mol. The van der Waals surface area contributed by atoms with Crippen molar-refractivity contribution in [3.05, 3.63) is 54.4 Å². The maximum absolute atomic E-state index is 10.6. The van der Waals surface area contributed by atoms with E-state index in [-0.39, 0.29) is 12.3 Å². The summed E-state index contributed by atoms with van der Waals surface area (Å²) in [5.74, 6) is 0.362. The molecular weight excluding hydrogens is 254 g/mol. The Morgan fingerprint density at radius 2 is 1.85 bits per heavy atom. The summed E-state index contributed by atoms with van der Waals surface area (Å²) in [4.78, 5) is 14.6. The van der Waals surface area contributed by atoms with Crippen LogP contribution in [-0.4, -0.2) is 17.5 Å². The second kappa shape index (κ2) is 7.13. The van der Waals surface area contributed by atoms with Crippen molar-refractivity contribution in [2.45, 2.75) is 13.0 Å². The van der Waals surface area contributed by atoms with Gasteiger partial charge >= 0.3 is 0 Å². The number of ether oxygens (including phenoxy) is 1. The summed E-state index contributed by atoms with van der Waals surface area (Å²) in [6.45, 7) is 1.05. The lowest BCUT2D eigenvalue weighted by Crippen LogP contribution is -2.14. The fourth-order valence-corrected chi connectivity index (χ4v) is 1.64. The topological polar surface area (TPSA) is 77.2 Å². The van der Waals surface area contributed by atoms with E-state index in [4.69, 9.17) is 10.5 Å². The predicted molar refractivity (Wildman–Crippen MR) is 77.3 cm³/mol. The molecule has 1 aromatic carbocycles. The lowest BCUT2D eigenvalue weighted by molar-refractivity contribution is -0.118. The number of aromatic nitrogens is 1. The number of pyridine rings is 1. The molecule has 104 valence electrons. The Kier molecular flexibility index (Phi) is 4.94. The molecule has 0 saturated heterocycles. The molecular formula is C15H17N3O2. The minimum atomic E-state index is -0.361. The Hall–Kier alpha value is -2.56. The summed E-state index contributed by atoms with van der Waals surface area (Å²) in [6.07, 6.45) is 3.77. The molecule has 0 aliphatic heterocycles. The number of nitrogens with one attached hydrogen (secondary N) is 1. The first-order valence-corrected chi connectivity index (χ1v) is 6.38. The normalized spacial score (nSPS) is 10.0. The van der Waals surface area contributed by atoms with Crippen molar-refractivity contribution in [1.82, 2.24) is 4.98 Å². The number of primary amides is 1.